The van der Waals surface area contributed by atoms with Crippen LogP contribution in [0.25, 0.3) is 11.5 Å². The summed E-state index contributed by atoms with van der Waals surface area (Å²) in [5.41, 5.74) is 0.481. The number of rotatable bonds is 5. The molecule has 0 fully saturated rings. The predicted octanol–water partition coefficient (Wildman–Crippen LogP) is 5.56. The number of nitrogens with one attached hydrogen (secondary N) is 1. The summed E-state index contributed by atoms with van der Waals surface area (Å²) in [4.78, 5) is 19.8. The van der Waals surface area contributed by atoms with Crippen molar-refractivity contribution in [3.8, 4) is 11.5 Å². The zero-order chi connectivity index (χ0) is 20.3. The fourth-order valence-corrected chi connectivity index (χ4v) is 3.47. The molecule has 1 N–H and O–H groups in total. The van der Waals surface area contributed by atoms with E-state index in [0.717, 1.165) is 23.4 Å². The Kier molecular flexibility index (Phi) is 6.09. The Morgan fingerprint density at radius 1 is 1.25 bits per heavy atom. The molecule has 146 valence electrons. The molecule has 0 saturated carbocycles. The monoisotopic (exact) mass is 471 g/mol. The Morgan fingerprint density at radius 3 is 2.68 bits per heavy atom. The van der Waals surface area contributed by atoms with Crippen molar-refractivity contribution in [1.29, 1.82) is 0 Å². The minimum absolute atomic E-state index is 0.00323. The lowest BCUT2D eigenvalue weighted by molar-refractivity contribution is -0.141. The van der Waals surface area contributed by atoms with E-state index >= 15 is 0 Å². The first-order valence-electron chi connectivity index (χ1n) is 7.91. The number of thioether (sulfide) groups is 1. The molecule has 3 aromatic rings. The molecule has 0 radical (unpaired) electrons. The number of halogens is 4. The second-order valence-corrected chi connectivity index (χ2v) is 7.51. The van der Waals surface area contributed by atoms with Gasteiger partial charge in [-0.1, -0.05) is 17.8 Å². The molecule has 0 unspecified atom stereocenters. The van der Waals surface area contributed by atoms with Crippen LogP contribution in [-0.2, 0) is 11.0 Å². The number of benzene rings is 1. The molecule has 5 nitrogen and oxygen atoms in total. The van der Waals surface area contributed by atoms with Crippen LogP contribution in [-0.4, -0.2) is 21.6 Å². The van der Waals surface area contributed by atoms with Gasteiger partial charge in [0, 0.05) is 4.47 Å². The Morgan fingerprint density at radius 2 is 2.04 bits per heavy atom. The molecule has 0 aliphatic carbocycles. The van der Waals surface area contributed by atoms with Crippen LogP contribution in [0.5, 0.6) is 0 Å². The number of carbonyl (C=O) groups is 1. The number of hydrogen-bond acceptors (Lipinski definition) is 5. The second-order valence-electron chi connectivity index (χ2n) is 5.72. The molecular formula is C18H13BrF3N3O2S. The molecule has 28 heavy (non-hydrogen) atoms. The van der Waals surface area contributed by atoms with Crippen LogP contribution in [0.4, 0.5) is 18.9 Å². The van der Waals surface area contributed by atoms with E-state index in [1.807, 2.05) is 19.1 Å². The Labute approximate surface area is 170 Å². The predicted molar refractivity (Wildman–Crippen MR) is 103 cm³/mol. The van der Waals surface area contributed by atoms with Gasteiger partial charge in [0.05, 0.1) is 17.7 Å². The number of anilines is 1. The van der Waals surface area contributed by atoms with Crippen LogP contribution in [0, 0.1) is 6.92 Å². The Hall–Kier alpha value is -2.33. The maximum Gasteiger partial charge on any atom is 0.433 e. The number of carbonyl (C=O) groups excluding carboxylic acids is 1. The molecule has 1 aromatic carbocycles. The summed E-state index contributed by atoms with van der Waals surface area (Å²) < 4.78 is 45.2. The Bertz CT molecular complexity index is 994. The molecule has 3 rings (SSSR count). The minimum Gasteiger partial charge on any atom is -0.463 e. The molecule has 2 aromatic heterocycles. The summed E-state index contributed by atoms with van der Waals surface area (Å²) in [6.45, 7) is 1.91. The van der Waals surface area contributed by atoms with E-state index in [1.54, 1.807) is 12.1 Å². The van der Waals surface area contributed by atoms with Crippen molar-refractivity contribution in [1.82, 2.24) is 9.97 Å². The first kappa shape index (κ1) is 20.4. The smallest absolute Gasteiger partial charge is 0.433 e. The first-order valence-corrected chi connectivity index (χ1v) is 9.69. The summed E-state index contributed by atoms with van der Waals surface area (Å²) in [5.74, 6) is -0.364. The summed E-state index contributed by atoms with van der Waals surface area (Å²) in [7, 11) is 0. The highest BCUT2D eigenvalue weighted by atomic mass is 79.9. The minimum atomic E-state index is -4.64. The van der Waals surface area contributed by atoms with Gasteiger partial charge in [-0.3, -0.25) is 4.79 Å². The average molecular weight is 472 g/mol. The number of aryl methyl sites for hydroxylation is 1. The summed E-state index contributed by atoms with van der Waals surface area (Å²) in [5, 5.41) is 2.52. The van der Waals surface area contributed by atoms with E-state index in [-0.39, 0.29) is 22.4 Å². The summed E-state index contributed by atoms with van der Waals surface area (Å²) >= 11 is 4.16. The molecule has 0 saturated heterocycles. The number of aromatic nitrogens is 2. The summed E-state index contributed by atoms with van der Waals surface area (Å²) in [6.07, 6.45) is -3.31. The highest BCUT2D eigenvalue weighted by molar-refractivity contribution is 9.10. The van der Waals surface area contributed by atoms with Gasteiger partial charge in [0.2, 0.25) is 5.91 Å². The van der Waals surface area contributed by atoms with Crippen LogP contribution in [0.3, 0.4) is 0 Å². The van der Waals surface area contributed by atoms with Crippen LogP contribution < -0.4 is 5.32 Å². The lowest BCUT2D eigenvalue weighted by Crippen LogP contribution is -2.15. The van der Waals surface area contributed by atoms with E-state index in [4.69, 9.17) is 4.42 Å². The van der Waals surface area contributed by atoms with Crippen molar-refractivity contribution in [3.05, 3.63) is 58.4 Å². The van der Waals surface area contributed by atoms with Gasteiger partial charge in [-0.25, -0.2) is 9.97 Å². The quantitative estimate of drug-likeness (QED) is 0.389. The van der Waals surface area contributed by atoms with Gasteiger partial charge in [-0.05, 0) is 58.7 Å². The van der Waals surface area contributed by atoms with E-state index < -0.39 is 17.8 Å². The molecule has 0 atom stereocenters. The maximum absolute atomic E-state index is 13.1. The first-order chi connectivity index (χ1) is 13.2. The molecule has 0 spiro atoms. The van der Waals surface area contributed by atoms with Gasteiger partial charge >= 0.3 is 6.18 Å². The lowest BCUT2D eigenvalue weighted by atomic mass is 10.2. The number of alkyl halides is 3. The molecule has 0 aliphatic rings. The number of amides is 1. The zero-order valence-corrected chi connectivity index (χ0v) is 16.8. The topological polar surface area (TPSA) is 68.0 Å². The third-order valence-corrected chi connectivity index (χ3v) is 5.00. The van der Waals surface area contributed by atoms with E-state index in [9.17, 15) is 18.0 Å². The third kappa shape index (κ3) is 5.14. The van der Waals surface area contributed by atoms with E-state index in [0.29, 0.717) is 10.2 Å². The molecule has 0 bridgehead atoms. The van der Waals surface area contributed by atoms with Crippen LogP contribution in [0.2, 0.25) is 0 Å². The summed E-state index contributed by atoms with van der Waals surface area (Å²) in [6, 6.07) is 9.26. The van der Waals surface area contributed by atoms with Gasteiger partial charge in [0.1, 0.15) is 11.4 Å². The standard InChI is InChI=1S/C18H13BrF3N3O2S/c1-10-4-5-12(11(19)7-10)23-16(26)9-28-17-24-13(14-3-2-6-27-14)8-15(25-17)18(20,21)22/h2-8H,9H2,1H3,(H,23,26). The number of hydrogen-bond donors (Lipinski definition) is 1. The van der Waals surface area contributed by atoms with Gasteiger partial charge in [0.25, 0.3) is 0 Å². The molecular weight excluding hydrogens is 459 g/mol. The Balaban J connectivity index is 1.76. The van der Waals surface area contributed by atoms with Crippen molar-refractivity contribution >= 4 is 39.3 Å². The average Bonchev–Trinajstić information content (AvgIpc) is 3.16. The third-order valence-electron chi connectivity index (χ3n) is 3.50. The highest BCUT2D eigenvalue weighted by Gasteiger charge is 2.34. The molecule has 10 heteroatoms. The SMILES string of the molecule is Cc1ccc(NC(=O)CSc2nc(-c3ccco3)cc(C(F)(F)F)n2)c(Br)c1. The van der Waals surface area contributed by atoms with Gasteiger partial charge in [0.15, 0.2) is 10.9 Å². The number of nitrogens with zero attached hydrogens (tertiary/aromatic N) is 2. The van der Waals surface area contributed by atoms with Crippen LogP contribution >= 0.6 is 27.7 Å². The van der Waals surface area contributed by atoms with Gasteiger partial charge < -0.3 is 9.73 Å². The van der Waals surface area contributed by atoms with E-state index in [2.05, 4.69) is 31.2 Å². The lowest BCUT2D eigenvalue weighted by Gasteiger charge is -2.10. The van der Waals surface area contributed by atoms with Gasteiger partial charge in [-0.2, -0.15) is 13.2 Å². The van der Waals surface area contributed by atoms with Gasteiger partial charge in [-0.15, -0.1) is 0 Å². The largest absolute Gasteiger partial charge is 0.463 e. The molecule has 0 aliphatic heterocycles. The second kappa shape index (κ2) is 8.36. The fourth-order valence-electron chi connectivity index (χ4n) is 2.22. The van der Waals surface area contributed by atoms with Crippen molar-refractivity contribution < 1.29 is 22.4 Å². The highest BCUT2D eigenvalue weighted by Crippen LogP contribution is 2.32. The fraction of sp³-hybridized carbons (Fsp3) is 0.167. The van der Waals surface area contributed by atoms with Crippen molar-refractivity contribution in [2.24, 2.45) is 0 Å². The molecule has 2 heterocycles. The molecule has 1 amide bonds. The van der Waals surface area contributed by atoms with Crippen LogP contribution in [0.15, 0.2) is 56.7 Å². The van der Waals surface area contributed by atoms with Crippen LogP contribution in [0.1, 0.15) is 11.3 Å². The maximum atomic E-state index is 13.1. The van der Waals surface area contributed by atoms with Crippen molar-refractivity contribution in [2.75, 3.05) is 11.1 Å². The van der Waals surface area contributed by atoms with E-state index in [1.165, 1.54) is 12.3 Å². The number of furan rings is 1. The zero-order valence-electron chi connectivity index (χ0n) is 14.4. The van der Waals surface area contributed by atoms with Crippen molar-refractivity contribution in [3.63, 3.8) is 0 Å². The van der Waals surface area contributed by atoms with Crippen molar-refractivity contribution in [2.45, 2.75) is 18.3 Å². The normalized spacial score (nSPS) is 11.5.